The minimum Gasteiger partial charge on any atom is -0.444 e. The Bertz CT molecular complexity index is 1220. The molecule has 0 spiro atoms. The van der Waals surface area contributed by atoms with Crippen molar-refractivity contribution >= 4 is 23.1 Å². The highest BCUT2D eigenvalue weighted by atomic mass is 32.2. The smallest absolute Gasteiger partial charge is 0.236 e. The number of benzene rings is 1. The molecule has 0 bridgehead atoms. The van der Waals surface area contributed by atoms with Gasteiger partial charge in [0.25, 0.3) is 0 Å². The Hall–Kier alpha value is -3.23. The fourth-order valence-corrected chi connectivity index (χ4v) is 4.51. The van der Waals surface area contributed by atoms with Crippen LogP contribution in [0.2, 0.25) is 0 Å². The quantitative estimate of drug-likeness (QED) is 0.322. The summed E-state index contributed by atoms with van der Waals surface area (Å²) < 4.78 is 7.76. The molecule has 0 radical (unpaired) electrons. The predicted octanol–water partition coefficient (Wildman–Crippen LogP) is 5.40. The molecule has 5 rings (SSSR count). The highest BCUT2D eigenvalue weighted by molar-refractivity contribution is 7.98. The summed E-state index contributed by atoms with van der Waals surface area (Å²) in [5.74, 6) is 2.10. The van der Waals surface area contributed by atoms with Crippen molar-refractivity contribution in [3.63, 3.8) is 0 Å². The molecular formula is C22H17N5OS2. The molecule has 0 aliphatic carbocycles. The predicted molar refractivity (Wildman–Crippen MR) is 118 cm³/mol. The van der Waals surface area contributed by atoms with Gasteiger partial charge in [0.2, 0.25) is 5.89 Å². The first-order valence-corrected chi connectivity index (χ1v) is 11.2. The number of rotatable bonds is 7. The van der Waals surface area contributed by atoms with E-state index in [1.54, 1.807) is 35.6 Å². The van der Waals surface area contributed by atoms with Crippen LogP contribution in [-0.4, -0.2) is 24.7 Å². The number of hydrogen-bond acceptors (Lipinski definition) is 7. The molecule has 5 aromatic rings. The molecule has 30 heavy (non-hydrogen) atoms. The number of pyridine rings is 1. The number of thioether (sulfide) groups is 1. The van der Waals surface area contributed by atoms with Gasteiger partial charge in [0.15, 0.2) is 11.0 Å². The third-order valence-corrected chi connectivity index (χ3v) is 6.31. The summed E-state index contributed by atoms with van der Waals surface area (Å²) in [6, 6.07) is 18.2. The third kappa shape index (κ3) is 4.05. The SMILES string of the molecule is c1ccc(Cn2c(SCc3coc(-c4cccs4)n3)nnc2-c2cccnc2)cc1. The van der Waals surface area contributed by atoms with Crippen LogP contribution in [0, 0.1) is 0 Å². The summed E-state index contributed by atoms with van der Waals surface area (Å²) in [4.78, 5) is 9.86. The van der Waals surface area contributed by atoms with Crippen LogP contribution in [0.15, 0.2) is 88.2 Å². The summed E-state index contributed by atoms with van der Waals surface area (Å²) in [6.07, 6.45) is 5.28. The second-order valence-corrected chi connectivity index (χ2v) is 8.42. The number of oxazole rings is 1. The zero-order valence-electron chi connectivity index (χ0n) is 15.9. The van der Waals surface area contributed by atoms with Crippen LogP contribution in [0.4, 0.5) is 0 Å². The molecule has 0 N–H and O–H groups in total. The first-order chi connectivity index (χ1) is 14.9. The second-order valence-electron chi connectivity index (χ2n) is 6.53. The highest BCUT2D eigenvalue weighted by Crippen LogP contribution is 2.29. The number of aromatic nitrogens is 5. The van der Waals surface area contributed by atoms with E-state index in [-0.39, 0.29) is 0 Å². The van der Waals surface area contributed by atoms with E-state index in [1.165, 1.54) is 5.56 Å². The zero-order valence-corrected chi connectivity index (χ0v) is 17.5. The van der Waals surface area contributed by atoms with E-state index in [1.807, 2.05) is 54.0 Å². The van der Waals surface area contributed by atoms with Crippen molar-refractivity contribution < 1.29 is 4.42 Å². The molecule has 0 unspecified atom stereocenters. The molecule has 8 heteroatoms. The molecule has 0 saturated heterocycles. The van der Waals surface area contributed by atoms with Crippen LogP contribution in [0.1, 0.15) is 11.3 Å². The molecule has 6 nitrogen and oxygen atoms in total. The fourth-order valence-electron chi connectivity index (χ4n) is 3.04. The Kier molecular flexibility index (Phi) is 5.41. The Morgan fingerprint density at radius 2 is 1.93 bits per heavy atom. The molecule has 4 heterocycles. The molecular weight excluding hydrogens is 414 g/mol. The normalized spacial score (nSPS) is 11.1. The van der Waals surface area contributed by atoms with Crippen molar-refractivity contribution in [3.05, 3.63) is 89.9 Å². The Labute approximate surface area is 181 Å². The van der Waals surface area contributed by atoms with E-state index in [2.05, 4.69) is 36.9 Å². The summed E-state index contributed by atoms with van der Waals surface area (Å²) in [5.41, 5.74) is 3.00. The molecule has 0 aliphatic rings. The van der Waals surface area contributed by atoms with Gasteiger partial charge in [-0.25, -0.2) is 4.98 Å². The minimum absolute atomic E-state index is 0.648. The van der Waals surface area contributed by atoms with Gasteiger partial charge < -0.3 is 4.42 Å². The summed E-state index contributed by atoms with van der Waals surface area (Å²) in [5, 5.41) is 11.7. The lowest BCUT2D eigenvalue weighted by atomic mass is 10.2. The van der Waals surface area contributed by atoms with Gasteiger partial charge in [-0.2, -0.15) is 0 Å². The molecule has 0 aliphatic heterocycles. The number of hydrogen-bond donors (Lipinski definition) is 0. The molecule has 4 aromatic heterocycles. The second kappa shape index (κ2) is 8.64. The number of thiophene rings is 1. The van der Waals surface area contributed by atoms with Crippen molar-refractivity contribution in [2.45, 2.75) is 17.5 Å². The largest absolute Gasteiger partial charge is 0.444 e. The Balaban J connectivity index is 1.41. The van der Waals surface area contributed by atoms with Crippen molar-refractivity contribution in [2.75, 3.05) is 0 Å². The van der Waals surface area contributed by atoms with E-state index >= 15 is 0 Å². The maximum atomic E-state index is 5.63. The van der Waals surface area contributed by atoms with E-state index in [0.29, 0.717) is 18.2 Å². The standard InChI is InChI=1S/C22H17N5OS2/c1-2-6-16(7-3-1)13-27-20(17-8-4-10-23-12-17)25-26-22(27)30-15-18-14-28-21(24-18)19-9-5-11-29-19/h1-12,14H,13,15H2. The van der Waals surface area contributed by atoms with Gasteiger partial charge in [0, 0.05) is 23.7 Å². The number of nitrogens with zero attached hydrogens (tertiary/aromatic N) is 5. The highest BCUT2D eigenvalue weighted by Gasteiger charge is 2.16. The maximum Gasteiger partial charge on any atom is 0.236 e. The fraction of sp³-hybridized carbons (Fsp3) is 0.0909. The van der Waals surface area contributed by atoms with E-state index in [4.69, 9.17) is 4.42 Å². The van der Waals surface area contributed by atoms with Crippen LogP contribution in [0.5, 0.6) is 0 Å². The van der Waals surface area contributed by atoms with Gasteiger partial charge in [-0.15, -0.1) is 21.5 Å². The van der Waals surface area contributed by atoms with E-state index in [9.17, 15) is 0 Å². The lowest BCUT2D eigenvalue weighted by molar-refractivity contribution is 0.575. The summed E-state index contributed by atoms with van der Waals surface area (Å²) in [6.45, 7) is 0.680. The van der Waals surface area contributed by atoms with Crippen LogP contribution < -0.4 is 0 Å². The van der Waals surface area contributed by atoms with E-state index < -0.39 is 0 Å². The van der Waals surface area contributed by atoms with Crippen molar-refractivity contribution in [1.82, 2.24) is 24.7 Å². The first-order valence-electron chi connectivity index (χ1n) is 9.35. The average Bonchev–Trinajstić information content (AvgIpc) is 3.55. The van der Waals surface area contributed by atoms with Crippen molar-refractivity contribution in [2.24, 2.45) is 0 Å². The third-order valence-electron chi connectivity index (χ3n) is 4.45. The lowest BCUT2D eigenvalue weighted by Crippen LogP contribution is -2.04. The van der Waals surface area contributed by atoms with Crippen LogP contribution in [0.25, 0.3) is 22.2 Å². The molecule has 1 aromatic carbocycles. The molecule has 0 atom stereocenters. The molecule has 0 fully saturated rings. The van der Waals surface area contributed by atoms with Crippen LogP contribution in [0.3, 0.4) is 0 Å². The Morgan fingerprint density at radius 1 is 1.00 bits per heavy atom. The molecule has 148 valence electrons. The van der Waals surface area contributed by atoms with Gasteiger partial charge in [-0.3, -0.25) is 9.55 Å². The minimum atomic E-state index is 0.648. The van der Waals surface area contributed by atoms with Gasteiger partial charge in [-0.05, 0) is 29.1 Å². The van der Waals surface area contributed by atoms with Gasteiger partial charge in [0.05, 0.1) is 17.1 Å². The molecule has 0 amide bonds. The van der Waals surface area contributed by atoms with Crippen LogP contribution >= 0.6 is 23.1 Å². The lowest BCUT2D eigenvalue weighted by Gasteiger charge is -2.10. The average molecular weight is 432 g/mol. The topological polar surface area (TPSA) is 69.6 Å². The molecule has 0 saturated carbocycles. The van der Waals surface area contributed by atoms with Crippen molar-refractivity contribution in [3.8, 4) is 22.2 Å². The Morgan fingerprint density at radius 3 is 2.73 bits per heavy atom. The van der Waals surface area contributed by atoms with E-state index in [0.717, 1.165) is 27.1 Å². The van der Waals surface area contributed by atoms with Gasteiger partial charge in [0.1, 0.15) is 6.26 Å². The van der Waals surface area contributed by atoms with Crippen LogP contribution in [-0.2, 0) is 12.3 Å². The maximum absolute atomic E-state index is 5.63. The van der Waals surface area contributed by atoms with Gasteiger partial charge >= 0.3 is 0 Å². The van der Waals surface area contributed by atoms with Gasteiger partial charge in [-0.1, -0.05) is 48.2 Å². The summed E-state index contributed by atoms with van der Waals surface area (Å²) in [7, 11) is 0. The summed E-state index contributed by atoms with van der Waals surface area (Å²) >= 11 is 3.21. The first kappa shape index (κ1) is 18.8. The zero-order chi connectivity index (χ0) is 20.2. The monoisotopic (exact) mass is 431 g/mol. The van der Waals surface area contributed by atoms with Crippen molar-refractivity contribution in [1.29, 1.82) is 0 Å².